The fourth-order valence-electron chi connectivity index (χ4n) is 1.31. The second-order valence-corrected chi connectivity index (χ2v) is 6.66. The molecule has 0 unspecified atom stereocenters. The monoisotopic (exact) mass is 294 g/mol. The average molecular weight is 295 g/mol. The Balaban J connectivity index is 3.03. The zero-order valence-electron chi connectivity index (χ0n) is 9.66. The minimum atomic E-state index is -3.50. The SMILES string of the molecule is CSCCNS(=O)(=O)c1cc(N)c(Cl)cc1C. The van der Waals surface area contributed by atoms with E-state index < -0.39 is 10.0 Å². The molecule has 17 heavy (non-hydrogen) atoms. The zero-order valence-corrected chi connectivity index (χ0v) is 12.0. The summed E-state index contributed by atoms with van der Waals surface area (Å²) in [4.78, 5) is 0.181. The van der Waals surface area contributed by atoms with Crippen molar-refractivity contribution in [2.24, 2.45) is 0 Å². The maximum Gasteiger partial charge on any atom is 0.240 e. The Bertz CT molecular complexity index is 503. The molecule has 0 aliphatic heterocycles. The zero-order chi connectivity index (χ0) is 13.1. The summed E-state index contributed by atoms with van der Waals surface area (Å²) in [5, 5.41) is 0.366. The molecule has 96 valence electrons. The molecule has 0 aromatic heterocycles. The van der Waals surface area contributed by atoms with E-state index in [0.717, 1.165) is 5.75 Å². The molecule has 1 aromatic carbocycles. The number of sulfonamides is 1. The lowest BCUT2D eigenvalue weighted by Gasteiger charge is -2.10. The first-order valence-electron chi connectivity index (χ1n) is 4.92. The van der Waals surface area contributed by atoms with Crippen LogP contribution in [0.2, 0.25) is 5.02 Å². The molecule has 0 aliphatic rings. The van der Waals surface area contributed by atoms with Gasteiger partial charge in [-0.1, -0.05) is 11.6 Å². The fourth-order valence-corrected chi connectivity index (χ4v) is 3.26. The number of nitrogen functional groups attached to an aromatic ring is 1. The predicted molar refractivity (Wildman–Crippen MR) is 74.2 cm³/mol. The van der Waals surface area contributed by atoms with Crippen LogP contribution < -0.4 is 10.5 Å². The van der Waals surface area contributed by atoms with E-state index in [1.807, 2.05) is 6.26 Å². The fraction of sp³-hybridized carbons (Fsp3) is 0.400. The van der Waals surface area contributed by atoms with Gasteiger partial charge in [0.1, 0.15) is 0 Å². The lowest BCUT2D eigenvalue weighted by atomic mass is 10.2. The number of hydrogen-bond acceptors (Lipinski definition) is 4. The first kappa shape index (κ1) is 14.6. The highest BCUT2D eigenvalue weighted by atomic mass is 35.5. The van der Waals surface area contributed by atoms with Gasteiger partial charge < -0.3 is 5.73 Å². The summed E-state index contributed by atoms with van der Waals surface area (Å²) < 4.78 is 26.5. The molecule has 0 bridgehead atoms. The Labute approximate surface area is 111 Å². The highest BCUT2D eigenvalue weighted by Gasteiger charge is 2.17. The Kier molecular flexibility index (Phi) is 5.12. The molecule has 0 radical (unpaired) electrons. The van der Waals surface area contributed by atoms with Gasteiger partial charge in [0.25, 0.3) is 0 Å². The summed E-state index contributed by atoms with van der Waals surface area (Å²) in [6.45, 7) is 2.08. The number of nitrogens with two attached hydrogens (primary N) is 1. The molecule has 4 nitrogen and oxygen atoms in total. The van der Waals surface area contributed by atoms with Crippen LogP contribution >= 0.6 is 23.4 Å². The molecule has 0 spiro atoms. The highest BCUT2D eigenvalue weighted by molar-refractivity contribution is 7.98. The van der Waals surface area contributed by atoms with Crippen molar-refractivity contribution in [2.45, 2.75) is 11.8 Å². The molecule has 0 saturated carbocycles. The van der Waals surface area contributed by atoms with Gasteiger partial charge in [-0.2, -0.15) is 11.8 Å². The van der Waals surface area contributed by atoms with Crippen LogP contribution in [0.15, 0.2) is 17.0 Å². The van der Waals surface area contributed by atoms with Crippen LogP contribution in [0.4, 0.5) is 5.69 Å². The van der Waals surface area contributed by atoms with Gasteiger partial charge in [-0.3, -0.25) is 0 Å². The minimum absolute atomic E-state index is 0.181. The number of thioether (sulfide) groups is 1. The third kappa shape index (κ3) is 3.77. The second kappa shape index (κ2) is 5.95. The molecule has 0 saturated heterocycles. The maximum atomic E-state index is 12.0. The summed E-state index contributed by atoms with van der Waals surface area (Å²) in [7, 11) is -3.50. The normalized spacial score (nSPS) is 11.7. The number of aryl methyl sites for hydroxylation is 1. The third-order valence-corrected chi connectivity index (χ3v) is 4.72. The van der Waals surface area contributed by atoms with Crippen molar-refractivity contribution in [3.8, 4) is 0 Å². The first-order valence-corrected chi connectivity index (χ1v) is 8.18. The number of hydrogen-bond donors (Lipinski definition) is 2. The summed E-state index contributed by atoms with van der Waals surface area (Å²) in [6, 6.07) is 2.94. The van der Waals surface area contributed by atoms with E-state index >= 15 is 0 Å². The summed E-state index contributed by atoms with van der Waals surface area (Å²) in [6.07, 6.45) is 1.92. The quantitative estimate of drug-likeness (QED) is 0.642. The first-order chi connectivity index (χ1) is 7.88. The Morgan fingerprint density at radius 1 is 1.47 bits per heavy atom. The van der Waals surface area contributed by atoms with Crippen LogP contribution in [0.3, 0.4) is 0 Å². The van der Waals surface area contributed by atoms with E-state index in [4.69, 9.17) is 17.3 Å². The molecule has 0 heterocycles. The smallest absolute Gasteiger partial charge is 0.240 e. The van der Waals surface area contributed by atoms with Gasteiger partial charge in [-0.25, -0.2) is 13.1 Å². The highest BCUT2D eigenvalue weighted by Crippen LogP contribution is 2.25. The lowest BCUT2D eigenvalue weighted by molar-refractivity contribution is 0.583. The van der Waals surface area contributed by atoms with Crippen LogP contribution in [-0.2, 0) is 10.0 Å². The van der Waals surface area contributed by atoms with Gasteiger partial charge in [0.2, 0.25) is 10.0 Å². The number of halogens is 1. The molecular weight excluding hydrogens is 280 g/mol. The Morgan fingerprint density at radius 3 is 2.71 bits per heavy atom. The molecule has 0 atom stereocenters. The van der Waals surface area contributed by atoms with Crippen molar-refractivity contribution in [3.63, 3.8) is 0 Å². The molecule has 0 fully saturated rings. The van der Waals surface area contributed by atoms with Crippen molar-refractivity contribution < 1.29 is 8.42 Å². The van der Waals surface area contributed by atoms with Crippen LogP contribution in [0.5, 0.6) is 0 Å². The minimum Gasteiger partial charge on any atom is -0.397 e. The molecule has 0 aliphatic carbocycles. The molecule has 7 heteroatoms. The predicted octanol–water partition coefficient (Wildman–Crippen LogP) is 1.87. The lowest BCUT2D eigenvalue weighted by Crippen LogP contribution is -2.26. The Hall–Kier alpha value is -0.430. The van der Waals surface area contributed by atoms with Crippen molar-refractivity contribution >= 4 is 39.1 Å². The van der Waals surface area contributed by atoms with Crippen molar-refractivity contribution in [1.82, 2.24) is 4.72 Å². The van der Waals surface area contributed by atoms with Crippen LogP contribution in [-0.4, -0.2) is 27.0 Å². The van der Waals surface area contributed by atoms with Gasteiger partial charge in [-0.05, 0) is 30.9 Å². The van der Waals surface area contributed by atoms with Crippen LogP contribution in [0, 0.1) is 6.92 Å². The van der Waals surface area contributed by atoms with E-state index in [1.165, 1.54) is 6.07 Å². The number of benzene rings is 1. The summed E-state index contributed by atoms with van der Waals surface area (Å²) in [5.41, 5.74) is 6.46. The van der Waals surface area contributed by atoms with Gasteiger partial charge >= 0.3 is 0 Å². The second-order valence-electron chi connectivity index (χ2n) is 3.53. The van der Waals surface area contributed by atoms with Gasteiger partial charge in [0.15, 0.2) is 0 Å². The summed E-state index contributed by atoms with van der Waals surface area (Å²) >= 11 is 7.39. The van der Waals surface area contributed by atoms with E-state index in [0.29, 0.717) is 17.1 Å². The standard InChI is InChI=1S/C10H15ClN2O2S2/c1-7-5-8(11)9(12)6-10(7)17(14,15)13-3-4-16-2/h5-6,13H,3-4,12H2,1-2H3. The van der Waals surface area contributed by atoms with Crippen LogP contribution in [0.25, 0.3) is 0 Å². The van der Waals surface area contributed by atoms with Crippen molar-refractivity contribution in [1.29, 1.82) is 0 Å². The van der Waals surface area contributed by atoms with E-state index in [1.54, 1.807) is 24.8 Å². The molecule has 0 amide bonds. The van der Waals surface area contributed by atoms with Gasteiger partial charge in [0, 0.05) is 12.3 Å². The number of rotatable bonds is 5. The van der Waals surface area contributed by atoms with Crippen molar-refractivity contribution in [3.05, 3.63) is 22.7 Å². The molecule has 1 rings (SSSR count). The Morgan fingerprint density at radius 2 is 2.12 bits per heavy atom. The van der Waals surface area contributed by atoms with Gasteiger partial charge in [-0.15, -0.1) is 0 Å². The maximum absolute atomic E-state index is 12.0. The van der Waals surface area contributed by atoms with Crippen LogP contribution in [0.1, 0.15) is 5.56 Å². The van der Waals surface area contributed by atoms with Gasteiger partial charge in [0.05, 0.1) is 15.6 Å². The molecular formula is C10H15ClN2O2S2. The van der Waals surface area contributed by atoms with E-state index in [9.17, 15) is 8.42 Å². The van der Waals surface area contributed by atoms with E-state index in [-0.39, 0.29) is 10.6 Å². The van der Waals surface area contributed by atoms with E-state index in [2.05, 4.69) is 4.72 Å². The van der Waals surface area contributed by atoms with Crippen molar-refractivity contribution in [2.75, 3.05) is 24.3 Å². The molecule has 3 N–H and O–H groups in total. The third-order valence-electron chi connectivity index (χ3n) is 2.18. The number of anilines is 1. The summed E-state index contributed by atoms with van der Waals surface area (Å²) in [5.74, 6) is 0.724. The topological polar surface area (TPSA) is 72.2 Å². The molecule has 1 aromatic rings. The number of nitrogens with one attached hydrogen (secondary N) is 1. The largest absolute Gasteiger partial charge is 0.397 e. The average Bonchev–Trinajstić information content (AvgIpc) is 2.23.